The number of aromatic nitrogens is 3. The van der Waals surface area contributed by atoms with Crippen LogP contribution in [0.25, 0.3) is 0 Å². The number of imidazole rings is 1. The number of aryl methyl sites for hydroxylation is 1. The average Bonchev–Trinajstić information content (AvgIpc) is 2.74. The molecule has 5 nitrogen and oxygen atoms in total. The van der Waals surface area contributed by atoms with Crippen molar-refractivity contribution in [3.63, 3.8) is 0 Å². The largest absolute Gasteiger partial charge is 0.337 e. The Morgan fingerprint density at radius 2 is 2.22 bits per heavy atom. The van der Waals surface area contributed by atoms with Crippen LogP contribution in [-0.4, -0.2) is 32.4 Å². The molecule has 0 aliphatic rings. The third-order valence-electron chi connectivity index (χ3n) is 2.59. The molecule has 0 radical (unpaired) electrons. The maximum Gasteiger partial charge on any atom is 0.272 e. The van der Waals surface area contributed by atoms with Crippen LogP contribution in [0.4, 0.5) is 0 Å². The minimum absolute atomic E-state index is 0.180. The van der Waals surface area contributed by atoms with E-state index < -0.39 is 0 Å². The van der Waals surface area contributed by atoms with Crippen LogP contribution in [-0.2, 0) is 13.6 Å². The summed E-state index contributed by atoms with van der Waals surface area (Å²) in [5.74, 6) is 0.633. The van der Waals surface area contributed by atoms with E-state index in [0.29, 0.717) is 17.3 Å². The molecule has 2 rings (SSSR count). The molecule has 0 aliphatic carbocycles. The van der Waals surface area contributed by atoms with Gasteiger partial charge in [0, 0.05) is 37.7 Å². The van der Waals surface area contributed by atoms with Crippen LogP contribution in [0.1, 0.15) is 16.3 Å². The van der Waals surface area contributed by atoms with Crippen molar-refractivity contribution in [3.05, 3.63) is 47.3 Å². The zero-order chi connectivity index (χ0) is 13.1. The number of carbonyl (C=O) groups is 1. The zero-order valence-electron chi connectivity index (χ0n) is 10.2. The number of pyridine rings is 1. The van der Waals surface area contributed by atoms with E-state index in [2.05, 4.69) is 9.97 Å². The molecule has 2 heterocycles. The van der Waals surface area contributed by atoms with Crippen molar-refractivity contribution < 1.29 is 4.79 Å². The van der Waals surface area contributed by atoms with E-state index in [1.807, 2.05) is 17.8 Å². The standard InChI is InChI=1S/C12H13ClN4O/c1-16-6-5-15-11(16)8-17(2)12(18)10-7-9(13)3-4-14-10/h3-7H,8H2,1-2H3. The third-order valence-corrected chi connectivity index (χ3v) is 2.82. The second kappa shape index (κ2) is 5.18. The summed E-state index contributed by atoms with van der Waals surface area (Å²) in [7, 11) is 3.60. The molecule has 0 bridgehead atoms. The van der Waals surface area contributed by atoms with Crippen LogP contribution in [0, 0.1) is 0 Å². The summed E-state index contributed by atoms with van der Waals surface area (Å²) in [6.07, 6.45) is 5.06. The molecule has 94 valence electrons. The molecular weight excluding hydrogens is 252 g/mol. The van der Waals surface area contributed by atoms with Crippen LogP contribution in [0.5, 0.6) is 0 Å². The van der Waals surface area contributed by atoms with Crippen LogP contribution < -0.4 is 0 Å². The highest BCUT2D eigenvalue weighted by Crippen LogP contribution is 2.10. The normalized spacial score (nSPS) is 10.4. The predicted molar refractivity (Wildman–Crippen MR) is 68.3 cm³/mol. The van der Waals surface area contributed by atoms with Gasteiger partial charge in [0.15, 0.2) is 0 Å². The SMILES string of the molecule is CN(Cc1nccn1C)C(=O)c1cc(Cl)ccn1. The molecule has 2 aromatic rings. The van der Waals surface area contributed by atoms with E-state index in [-0.39, 0.29) is 5.91 Å². The maximum absolute atomic E-state index is 12.1. The Balaban J connectivity index is 2.12. The van der Waals surface area contributed by atoms with Gasteiger partial charge in [0.25, 0.3) is 5.91 Å². The molecule has 6 heteroatoms. The molecule has 0 unspecified atom stereocenters. The smallest absolute Gasteiger partial charge is 0.272 e. The number of nitrogens with zero attached hydrogens (tertiary/aromatic N) is 4. The molecule has 1 amide bonds. The fraction of sp³-hybridized carbons (Fsp3) is 0.250. The quantitative estimate of drug-likeness (QED) is 0.849. The van der Waals surface area contributed by atoms with E-state index in [1.165, 1.54) is 6.20 Å². The Morgan fingerprint density at radius 3 is 2.83 bits per heavy atom. The van der Waals surface area contributed by atoms with Gasteiger partial charge in [-0.1, -0.05) is 11.6 Å². The highest BCUT2D eigenvalue weighted by Gasteiger charge is 2.15. The molecule has 2 aromatic heterocycles. The van der Waals surface area contributed by atoms with Gasteiger partial charge in [-0.2, -0.15) is 0 Å². The maximum atomic E-state index is 12.1. The van der Waals surface area contributed by atoms with Crippen molar-refractivity contribution in [2.24, 2.45) is 7.05 Å². The Kier molecular flexibility index (Phi) is 3.62. The number of hydrogen-bond acceptors (Lipinski definition) is 3. The number of hydrogen-bond donors (Lipinski definition) is 0. The fourth-order valence-corrected chi connectivity index (χ4v) is 1.71. The summed E-state index contributed by atoms with van der Waals surface area (Å²) in [5.41, 5.74) is 0.333. The second-order valence-electron chi connectivity index (χ2n) is 3.97. The van der Waals surface area contributed by atoms with E-state index in [9.17, 15) is 4.79 Å². The third kappa shape index (κ3) is 2.68. The van der Waals surface area contributed by atoms with E-state index >= 15 is 0 Å². The topological polar surface area (TPSA) is 51.0 Å². The van der Waals surface area contributed by atoms with Gasteiger partial charge >= 0.3 is 0 Å². The molecule has 0 saturated heterocycles. The van der Waals surface area contributed by atoms with Gasteiger partial charge < -0.3 is 9.47 Å². The molecule has 0 fully saturated rings. The number of amides is 1. The minimum atomic E-state index is -0.180. The van der Waals surface area contributed by atoms with Crippen molar-refractivity contribution in [1.29, 1.82) is 0 Å². The molecule has 0 aliphatic heterocycles. The van der Waals surface area contributed by atoms with Gasteiger partial charge in [0.2, 0.25) is 0 Å². The minimum Gasteiger partial charge on any atom is -0.337 e. The van der Waals surface area contributed by atoms with Crippen LogP contribution >= 0.6 is 11.6 Å². The van der Waals surface area contributed by atoms with Crippen LogP contribution in [0.2, 0.25) is 5.02 Å². The Labute approximate surface area is 110 Å². The van der Waals surface area contributed by atoms with Crippen molar-refractivity contribution in [3.8, 4) is 0 Å². The van der Waals surface area contributed by atoms with Crippen molar-refractivity contribution in [2.45, 2.75) is 6.54 Å². The first-order valence-corrected chi connectivity index (χ1v) is 5.79. The van der Waals surface area contributed by atoms with Gasteiger partial charge in [0.1, 0.15) is 11.5 Å². The Morgan fingerprint density at radius 1 is 1.44 bits per heavy atom. The van der Waals surface area contributed by atoms with Crippen LogP contribution in [0.3, 0.4) is 0 Å². The van der Waals surface area contributed by atoms with Gasteiger partial charge in [-0.15, -0.1) is 0 Å². The van der Waals surface area contributed by atoms with Crippen LogP contribution in [0.15, 0.2) is 30.7 Å². The molecule has 0 N–H and O–H groups in total. The van der Waals surface area contributed by atoms with Crippen molar-refractivity contribution in [1.82, 2.24) is 19.4 Å². The van der Waals surface area contributed by atoms with E-state index in [4.69, 9.17) is 11.6 Å². The first-order valence-electron chi connectivity index (χ1n) is 5.41. The molecular formula is C12H13ClN4O. The summed E-state index contributed by atoms with van der Waals surface area (Å²) in [6.45, 7) is 0.427. The number of halogens is 1. The lowest BCUT2D eigenvalue weighted by Gasteiger charge is -2.16. The van der Waals surface area contributed by atoms with Gasteiger partial charge in [-0.3, -0.25) is 9.78 Å². The molecule has 0 spiro atoms. The Bertz CT molecular complexity index is 567. The monoisotopic (exact) mass is 264 g/mol. The highest BCUT2D eigenvalue weighted by molar-refractivity contribution is 6.30. The highest BCUT2D eigenvalue weighted by atomic mass is 35.5. The van der Waals surface area contributed by atoms with E-state index in [1.54, 1.807) is 30.3 Å². The van der Waals surface area contributed by atoms with E-state index in [0.717, 1.165) is 5.82 Å². The van der Waals surface area contributed by atoms with Gasteiger partial charge in [-0.25, -0.2) is 4.98 Å². The van der Waals surface area contributed by atoms with Gasteiger partial charge in [-0.05, 0) is 12.1 Å². The lowest BCUT2D eigenvalue weighted by Crippen LogP contribution is -2.28. The summed E-state index contributed by atoms with van der Waals surface area (Å²) in [4.78, 5) is 21.8. The summed E-state index contributed by atoms with van der Waals surface area (Å²) in [6, 6.07) is 3.19. The molecule has 0 atom stereocenters. The zero-order valence-corrected chi connectivity index (χ0v) is 10.9. The first-order chi connectivity index (χ1) is 8.58. The van der Waals surface area contributed by atoms with Crippen molar-refractivity contribution >= 4 is 17.5 Å². The average molecular weight is 265 g/mol. The molecule has 0 aromatic carbocycles. The second-order valence-corrected chi connectivity index (χ2v) is 4.41. The summed E-state index contributed by atoms with van der Waals surface area (Å²) >= 11 is 5.83. The van der Waals surface area contributed by atoms with Crippen molar-refractivity contribution in [2.75, 3.05) is 7.05 Å². The fourth-order valence-electron chi connectivity index (χ4n) is 1.55. The lowest BCUT2D eigenvalue weighted by atomic mass is 10.3. The lowest BCUT2D eigenvalue weighted by molar-refractivity contribution is 0.0774. The summed E-state index contributed by atoms with van der Waals surface area (Å²) < 4.78 is 1.87. The molecule has 18 heavy (non-hydrogen) atoms. The first kappa shape index (κ1) is 12.6. The number of carbonyl (C=O) groups excluding carboxylic acids is 1. The molecule has 0 saturated carbocycles. The predicted octanol–water partition coefficient (Wildman–Crippen LogP) is 1.74. The summed E-state index contributed by atoms with van der Waals surface area (Å²) in [5, 5.41) is 0.499. The Hall–Kier alpha value is -1.88. The van der Waals surface area contributed by atoms with Gasteiger partial charge in [0.05, 0.1) is 6.54 Å². The number of rotatable bonds is 3.